The average molecular weight is 498 g/mol. The molecule has 9 nitrogen and oxygen atoms in total. The first-order valence-corrected chi connectivity index (χ1v) is 13.2. The Bertz CT molecular complexity index is 1280. The number of carbonyl (C=O) groups is 1. The molecule has 1 aromatic heterocycles. The van der Waals surface area contributed by atoms with E-state index < -0.39 is 10.0 Å². The number of piperazine rings is 1. The fraction of sp³-hybridized carbons (Fsp3) is 0.400. The van der Waals surface area contributed by atoms with Crippen LogP contribution in [0, 0.1) is 13.8 Å². The van der Waals surface area contributed by atoms with Gasteiger partial charge in [0.1, 0.15) is 0 Å². The number of aryl methyl sites for hydroxylation is 3. The molecular formula is C25H31N5O4S. The van der Waals surface area contributed by atoms with Gasteiger partial charge >= 0.3 is 0 Å². The molecular weight excluding hydrogens is 466 g/mol. The van der Waals surface area contributed by atoms with E-state index in [0.717, 1.165) is 37.2 Å². The van der Waals surface area contributed by atoms with Crippen molar-refractivity contribution in [3.8, 4) is 11.4 Å². The number of aromatic nitrogens is 2. The van der Waals surface area contributed by atoms with Crippen molar-refractivity contribution in [1.82, 2.24) is 24.7 Å². The maximum absolute atomic E-state index is 13.1. The normalized spacial score (nSPS) is 14.9. The third-order valence-corrected chi connectivity index (χ3v) is 7.73. The van der Waals surface area contributed by atoms with Gasteiger partial charge in [-0.1, -0.05) is 41.1 Å². The van der Waals surface area contributed by atoms with E-state index in [2.05, 4.69) is 19.8 Å². The van der Waals surface area contributed by atoms with E-state index in [1.165, 1.54) is 24.7 Å². The molecule has 0 saturated carbocycles. The average Bonchev–Trinajstić information content (AvgIpc) is 3.33. The van der Waals surface area contributed by atoms with Crippen LogP contribution in [-0.2, 0) is 16.4 Å². The summed E-state index contributed by atoms with van der Waals surface area (Å²) in [4.78, 5) is 21.8. The van der Waals surface area contributed by atoms with Crippen LogP contribution in [0.2, 0.25) is 0 Å². The summed E-state index contributed by atoms with van der Waals surface area (Å²) in [7, 11) is -2.25. The molecule has 1 amide bonds. The molecule has 1 N–H and O–H groups in total. The first-order valence-electron chi connectivity index (χ1n) is 11.7. The summed E-state index contributed by atoms with van der Waals surface area (Å²) in [5.41, 5.74) is 3.31. The first kappa shape index (κ1) is 25.0. The van der Waals surface area contributed by atoms with Crippen molar-refractivity contribution in [3.05, 3.63) is 65.0 Å². The van der Waals surface area contributed by atoms with Crippen molar-refractivity contribution in [2.24, 2.45) is 0 Å². The summed E-state index contributed by atoms with van der Waals surface area (Å²) < 4.78 is 32.0. The lowest BCUT2D eigenvalue weighted by Gasteiger charge is -2.35. The number of carbonyl (C=O) groups excluding carboxylic acids is 1. The van der Waals surface area contributed by atoms with E-state index in [4.69, 9.17) is 4.52 Å². The minimum atomic E-state index is -3.61. The van der Waals surface area contributed by atoms with Crippen LogP contribution in [0.3, 0.4) is 0 Å². The van der Waals surface area contributed by atoms with E-state index >= 15 is 0 Å². The van der Waals surface area contributed by atoms with E-state index in [1.54, 1.807) is 11.0 Å². The number of amides is 1. The number of benzene rings is 2. The number of hydrogen-bond donors (Lipinski definition) is 1. The molecule has 35 heavy (non-hydrogen) atoms. The second-order valence-electron chi connectivity index (χ2n) is 8.80. The molecule has 1 fully saturated rings. The highest BCUT2D eigenvalue weighted by Gasteiger charge is 2.24. The lowest BCUT2D eigenvalue weighted by Crippen LogP contribution is -2.49. The van der Waals surface area contributed by atoms with Gasteiger partial charge in [-0.15, -0.1) is 0 Å². The third-order valence-electron chi connectivity index (χ3n) is 6.32. The van der Waals surface area contributed by atoms with Gasteiger partial charge in [-0.25, -0.2) is 13.1 Å². The SMILES string of the molecule is CNS(=O)(=O)c1ccc(C)c(C(=O)N2CCN(CCCc3nc(-c4ccc(C)cc4)no3)CC2)c1. The van der Waals surface area contributed by atoms with Crippen LogP contribution in [0.25, 0.3) is 11.4 Å². The maximum atomic E-state index is 13.1. The Balaban J connectivity index is 1.27. The fourth-order valence-corrected chi connectivity index (χ4v) is 4.85. The first-order chi connectivity index (χ1) is 16.8. The van der Waals surface area contributed by atoms with Crippen molar-refractivity contribution in [3.63, 3.8) is 0 Å². The minimum Gasteiger partial charge on any atom is -0.339 e. The van der Waals surface area contributed by atoms with Gasteiger partial charge in [0.05, 0.1) is 4.90 Å². The Morgan fingerprint density at radius 2 is 1.77 bits per heavy atom. The smallest absolute Gasteiger partial charge is 0.254 e. The second kappa shape index (κ2) is 10.7. The zero-order chi connectivity index (χ0) is 25.0. The number of sulfonamides is 1. The number of rotatable bonds is 8. The molecule has 0 aliphatic carbocycles. The fourth-order valence-electron chi connectivity index (χ4n) is 4.09. The van der Waals surface area contributed by atoms with Crippen molar-refractivity contribution in [2.75, 3.05) is 39.8 Å². The van der Waals surface area contributed by atoms with Gasteiger partial charge in [0.15, 0.2) is 0 Å². The van der Waals surface area contributed by atoms with E-state index in [-0.39, 0.29) is 10.8 Å². The van der Waals surface area contributed by atoms with Crippen LogP contribution in [0.5, 0.6) is 0 Å². The van der Waals surface area contributed by atoms with Crippen LogP contribution in [-0.4, -0.2) is 74.0 Å². The molecule has 2 aromatic carbocycles. The predicted octanol–water partition coefficient (Wildman–Crippen LogP) is 2.65. The van der Waals surface area contributed by atoms with Gasteiger partial charge < -0.3 is 9.42 Å². The number of nitrogens with one attached hydrogen (secondary N) is 1. The van der Waals surface area contributed by atoms with Crippen molar-refractivity contribution in [1.29, 1.82) is 0 Å². The van der Waals surface area contributed by atoms with Gasteiger partial charge in [0, 0.05) is 43.7 Å². The zero-order valence-electron chi connectivity index (χ0n) is 20.3. The Morgan fingerprint density at radius 3 is 2.46 bits per heavy atom. The molecule has 4 rings (SSSR count). The molecule has 0 radical (unpaired) electrons. The van der Waals surface area contributed by atoms with Crippen molar-refractivity contribution < 1.29 is 17.7 Å². The summed E-state index contributed by atoms with van der Waals surface area (Å²) in [6.45, 7) is 7.45. The lowest BCUT2D eigenvalue weighted by molar-refractivity contribution is 0.0634. The number of nitrogens with zero attached hydrogens (tertiary/aromatic N) is 4. The van der Waals surface area contributed by atoms with Crippen molar-refractivity contribution >= 4 is 15.9 Å². The van der Waals surface area contributed by atoms with Crippen LogP contribution in [0.4, 0.5) is 0 Å². The molecule has 1 saturated heterocycles. The summed E-state index contributed by atoms with van der Waals surface area (Å²) in [6.07, 6.45) is 1.58. The van der Waals surface area contributed by atoms with Crippen LogP contribution in [0.1, 0.15) is 33.8 Å². The van der Waals surface area contributed by atoms with E-state index in [0.29, 0.717) is 36.8 Å². The van der Waals surface area contributed by atoms with Gasteiger partial charge in [0.2, 0.25) is 21.7 Å². The minimum absolute atomic E-state index is 0.0964. The van der Waals surface area contributed by atoms with Gasteiger partial charge in [-0.05, 0) is 51.6 Å². The molecule has 1 aliphatic rings. The topological polar surface area (TPSA) is 109 Å². The van der Waals surface area contributed by atoms with E-state index in [1.807, 2.05) is 38.1 Å². The summed E-state index contributed by atoms with van der Waals surface area (Å²) in [5.74, 6) is 1.10. The Labute approximate surface area is 206 Å². The van der Waals surface area contributed by atoms with Crippen LogP contribution in [0.15, 0.2) is 51.9 Å². The van der Waals surface area contributed by atoms with Crippen LogP contribution >= 0.6 is 0 Å². The summed E-state index contributed by atoms with van der Waals surface area (Å²) >= 11 is 0. The molecule has 0 bridgehead atoms. The largest absolute Gasteiger partial charge is 0.339 e. The van der Waals surface area contributed by atoms with Gasteiger partial charge in [0.25, 0.3) is 5.91 Å². The molecule has 0 unspecified atom stereocenters. The highest BCUT2D eigenvalue weighted by atomic mass is 32.2. The van der Waals surface area contributed by atoms with E-state index in [9.17, 15) is 13.2 Å². The monoisotopic (exact) mass is 497 g/mol. The third kappa shape index (κ3) is 5.95. The standard InChI is InChI=1S/C25H31N5O4S/c1-18-6-9-20(10-7-18)24-27-23(34-28-24)5-4-12-29-13-15-30(16-14-29)25(31)22-17-21(11-8-19(22)2)35(32,33)26-3/h6-11,17,26H,4-5,12-16H2,1-3H3. The molecule has 3 aromatic rings. The Hall–Kier alpha value is -3.08. The molecule has 186 valence electrons. The quantitative estimate of drug-likeness (QED) is 0.510. The zero-order valence-corrected chi connectivity index (χ0v) is 21.1. The van der Waals surface area contributed by atoms with Crippen LogP contribution < -0.4 is 4.72 Å². The van der Waals surface area contributed by atoms with Gasteiger partial charge in [-0.3, -0.25) is 9.69 Å². The molecule has 2 heterocycles. The Kier molecular flexibility index (Phi) is 7.63. The molecule has 0 atom stereocenters. The second-order valence-corrected chi connectivity index (χ2v) is 10.7. The molecule has 10 heteroatoms. The lowest BCUT2D eigenvalue weighted by atomic mass is 10.1. The number of hydrogen-bond acceptors (Lipinski definition) is 7. The summed E-state index contributed by atoms with van der Waals surface area (Å²) in [5, 5.41) is 4.09. The maximum Gasteiger partial charge on any atom is 0.254 e. The highest BCUT2D eigenvalue weighted by Crippen LogP contribution is 2.19. The summed E-state index contributed by atoms with van der Waals surface area (Å²) in [6, 6.07) is 12.7. The highest BCUT2D eigenvalue weighted by molar-refractivity contribution is 7.89. The van der Waals surface area contributed by atoms with Gasteiger partial charge in [-0.2, -0.15) is 4.98 Å². The van der Waals surface area contributed by atoms with Crippen molar-refractivity contribution in [2.45, 2.75) is 31.6 Å². The molecule has 0 spiro atoms. The Morgan fingerprint density at radius 1 is 1.06 bits per heavy atom. The molecule has 1 aliphatic heterocycles. The predicted molar refractivity (Wildman–Crippen MR) is 133 cm³/mol.